The normalized spacial score (nSPS) is 11.1. The van der Waals surface area contributed by atoms with Gasteiger partial charge in [-0.1, -0.05) is 5.92 Å². The van der Waals surface area contributed by atoms with E-state index in [0.717, 1.165) is 0 Å². The van der Waals surface area contributed by atoms with Crippen LogP contribution in [0, 0.1) is 11.8 Å². The van der Waals surface area contributed by atoms with Gasteiger partial charge in [-0.05, 0) is 20.8 Å². The monoisotopic (exact) mass is 203 g/mol. The molecule has 0 saturated carbocycles. The minimum atomic E-state index is -2.90. The van der Waals surface area contributed by atoms with Crippen molar-refractivity contribution in [3.8, 4) is 11.8 Å². The zero-order valence-corrected chi connectivity index (χ0v) is 9.24. The maximum absolute atomic E-state index is 11.3. The molecule has 0 heterocycles. The van der Waals surface area contributed by atoms with Crippen LogP contribution in [0.1, 0.15) is 20.8 Å². The van der Waals surface area contributed by atoms with E-state index in [1.54, 1.807) is 20.8 Å². The van der Waals surface area contributed by atoms with Gasteiger partial charge < -0.3 is 5.32 Å². The molecule has 76 valence electrons. The van der Waals surface area contributed by atoms with Crippen molar-refractivity contribution >= 4 is 9.84 Å². The molecule has 0 aromatic heterocycles. The Kier molecular flexibility index (Phi) is 5.76. The zero-order valence-electron chi connectivity index (χ0n) is 8.42. The molecule has 0 amide bonds. The molecule has 0 radical (unpaired) electrons. The molecule has 0 fully saturated rings. The predicted octanol–water partition coefficient (Wildman–Crippen LogP) is 0.423. The van der Waals surface area contributed by atoms with Gasteiger partial charge in [0.2, 0.25) is 0 Å². The maximum Gasteiger partial charge on any atom is 0.153 e. The molecule has 0 aromatic rings. The number of sulfone groups is 1. The van der Waals surface area contributed by atoms with Crippen molar-refractivity contribution in [3.05, 3.63) is 0 Å². The van der Waals surface area contributed by atoms with Crippen molar-refractivity contribution in [2.24, 2.45) is 0 Å². The molecule has 4 heteroatoms. The van der Waals surface area contributed by atoms with E-state index in [0.29, 0.717) is 13.1 Å². The van der Waals surface area contributed by atoms with E-state index in [1.165, 1.54) is 0 Å². The lowest BCUT2D eigenvalue weighted by molar-refractivity contribution is 0.584. The highest BCUT2D eigenvalue weighted by Crippen LogP contribution is 1.98. The molecule has 3 nitrogen and oxygen atoms in total. The number of hydrogen-bond acceptors (Lipinski definition) is 3. The Bertz CT molecular complexity index is 282. The largest absolute Gasteiger partial charge is 0.305 e. The lowest BCUT2D eigenvalue weighted by Crippen LogP contribution is -2.27. The van der Waals surface area contributed by atoms with E-state index in [1.807, 2.05) is 0 Å². The van der Waals surface area contributed by atoms with Gasteiger partial charge >= 0.3 is 0 Å². The second-order valence-electron chi connectivity index (χ2n) is 3.02. The summed E-state index contributed by atoms with van der Waals surface area (Å²) in [4.78, 5) is 0. The van der Waals surface area contributed by atoms with Crippen LogP contribution in [0.3, 0.4) is 0 Å². The molecule has 0 bridgehead atoms. The molecule has 0 atom stereocenters. The summed E-state index contributed by atoms with van der Waals surface area (Å²) >= 11 is 0. The third-order valence-corrected chi connectivity index (χ3v) is 3.88. The Balaban J connectivity index is 3.69. The molecule has 0 saturated heterocycles. The molecule has 0 aliphatic carbocycles. The van der Waals surface area contributed by atoms with Crippen LogP contribution in [-0.2, 0) is 9.84 Å². The van der Waals surface area contributed by atoms with Gasteiger partial charge in [-0.3, -0.25) is 0 Å². The first kappa shape index (κ1) is 12.5. The Morgan fingerprint density at radius 1 is 1.38 bits per heavy atom. The summed E-state index contributed by atoms with van der Waals surface area (Å²) in [6.07, 6.45) is 0. The van der Waals surface area contributed by atoms with Gasteiger partial charge in [0.1, 0.15) is 0 Å². The number of nitrogens with one attached hydrogen (secondary N) is 1. The SMILES string of the molecule is CC#CCNCCS(=O)(=O)C(C)C. The average Bonchev–Trinajstić information content (AvgIpc) is 2.03. The van der Waals surface area contributed by atoms with Gasteiger partial charge in [-0.25, -0.2) is 8.42 Å². The molecular formula is C9H17NO2S. The van der Waals surface area contributed by atoms with Gasteiger partial charge in [-0.15, -0.1) is 5.92 Å². The third kappa shape index (κ3) is 5.67. The summed E-state index contributed by atoms with van der Waals surface area (Å²) in [5.74, 6) is 5.72. The average molecular weight is 203 g/mol. The fourth-order valence-electron chi connectivity index (χ4n) is 0.689. The highest BCUT2D eigenvalue weighted by molar-refractivity contribution is 7.92. The maximum atomic E-state index is 11.3. The molecule has 0 aromatic carbocycles. The minimum Gasteiger partial charge on any atom is -0.305 e. The fourth-order valence-corrected chi connectivity index (χ4v) is 1.59. The smallest absolute Gasteiger partial charge is 0.153 e. The van der Waals surface area contributed by atoms with Gasteiger partial charge in [0.25, 0.3) is 0 Å². The van der Waals surface area contributed by atoms with Crippen LogP contribution >= 0.6 is 0 Å². The highest BCUT2D eigenvalue weighted by Gasteiger charge is 2.14. The lowest BCUT2D eigenvalue weighted by Gasteiger charge is -2.06. The highest BCUT2D eigenvalue weighted by atomic mass is 32.2. The molecular weight excluding hydrogens is 186 g/mol. The first-order chi connectivity index (χ1) is 6.00. The Morgan fingerprint density at radius 2 is 2.00 bits per heavy atom. The summed E-state index contributed by atoms with van der Waals surface area (Å²) in [6, 6.07) is 0. The minimum absolute atomic E-state index is 0.191. The summed E-state index contributed by atoms with van der Waals surface area (Å²) in [5, 5.41) is 2.66. The van der Waals surface area contributed by atoms with Crippen LogP contribution in [-0.4, -0.2) is 32.5 Å². The van der Waals surface area contributed by atoms with Crippen LogP contribution in [0.4, 0.5) is 0 Å². The van der Waals surface area contributed by atoms with Gasteiger partial charge in [0.15, 0.2) is 9.84 Å². The predicted molar refractivity (Wildman–Crippen MR) is 55.2 cm³/mol. The van der Waals surface area contributed by atoms with Crippen LogP contribution in [0.5, 0.6) is 0 Å². The van der Waals surface area contributed by atoms with E-state index in [4.69, 9.17) is 0 Å². The first-order valence-corrected chi connectivity index (χ1v) is 6.04. The molecule has 0 unspecified atom stereocenters. The van der Waals surface area contributed by atoms with E-state index in [2.05, 4.69) is 17.2 Å². The topological polar surface area (TPSA) is 46.2 Å². The van der Waals surface area contributed by atoms with E-state index < -0.39 is 9.84 Å². The van der Waals surface area contributed by atoms with Crippen LogP contribution in [0.15, 0.2) is 0 Å². The molecule has 0 aliphatic heterocycles. The molecule has 1 N–H and O–H groups in total. The van der Waals surface area contributed by atoms with E-state index in [9.17, 15) is 8.42 Å². The summed E-state index contributed by atoms with van der Waals surface area (Å²) in [6.45, 7) is 6.19. The quantitative estimate of drug-likeness (QED) is 0.520. The van der Waals surface area contributed by atoms with Crippen molar-refractivity contribution in [2.75, 3.05) is 18.8 Å². The summed E-state index contributed by atoms with van der Waals surface area (Å²) < 4.78 is 22.6. The first-order valence-electron chi connectivity index (χ1n) is 4.32. The summed E-state index contributed by atoms with van der Waals surface area (Å²) in [5.41, 5.74) is 0. The molecule has 0 spiro atoms. The van der Waals surface area contributed by atoms with Gasteiger partial charge in [0.05, 0.1) is 17.5 Å². The molecule has 13 heavy (non-hydrogen) atoms. The van der Waals surface area contributed by atoms with Crippen molar-refractivity contribution in [1.29, 1.82) is 0 Å². The zero-order chi connectivity index (χ0) is 10.3. The van der Waals surface area contributed by atoms with E-state index in [-0.39, 0.29) is 11.0 Å². The van der Waals surface area contributed by atoms with Crippen LogP contribution < -0.4 is 5.32 Å². The number of hydrogen-bond donors (Lipinski definition) is 1. The van der Waals surface area contributed by atoms with Crippen molar-refractivity contribution in [3.63, 3.8) is 0 Å². The standard InChI is InChI=1S/C9H17NO2S/c1-4-5-6-10-7-8-13(11,12)9(2)3/h9-10H,6-8H2,1-3H3. The van der Waals surface area contributed by atoms with Crippen molar-refractivity contribution in [1.82, 2.24) is 5.32 Å². The second kappa shape index (κ2) is 6.01. The van der Waals surface area contributed by atoms with Crippen molar-refractivity contribution in [2.45, 2.75) is 26.0 Å². The van der Waals surface area contributed by atoms with Gasteiger partial charge in [-0.2, -0.15) is 0 Å². The number of rotatable bonds is 5. The Labute approximate surface area is 80.8 Å². The van der Waals surface area contributed by atoms with Crippen molar-refractivity contribution < 1.29 is 8.42 Å². The Hall–Kier alpha value is -0.530. The second-order valence-corrected chi connectivity index (χ2v) is 5.70. The third-order valence-electron chi connectivity index (χ3n) is 1.67. The Morgan fingerprint density at radius 3 is 2.46 bits per heavy atom. The summed E-state index contributed by atoms with van der Waals surface area (Å²) in [7, 11) is -2.90. The molecule has 0 rings (SSSR count). The van der Waals surface area contributed by atoms with Crippen LogP contribution in [0.2, 0.25) is 0 Å². The van der Waals surface area contributed by atoms with Gasteiger partial charge in [0, 0.05) is 6.54 Å². The van der Waals surface area contributed by atoms with Crippen LogP contribution in [0.25, 0.3) is 0 Å². The fraction of sp³-hybridized carbons (Fsp3) is 0.778. The molecule has 0 aliphatic rings. The lowest BCUT2D eigenvalue weighted by atomic mass is 10.6. The van der Waals surface area contributed by atoms with E-state index >= 15 is 0 Å².